The molecular formula is C25H29Cl2N3O5S. The Balaban J connectivity index is 0.000000840. The Bertz CT molecular complexity index is 1290. The highest BCUT2D eigenvalue weighted by Crippen LogP contribution is 2.38. The monoisotopic (exact) mass is 553 g/mol. The molecule has 1 aliphatic rings. The average Bonchev–Trinajstić information content (AvgIpc) is 3.28. The minimum absolute atomic E-state index is 0.0656. The van der Waals surface area contributed by atoms with Crippen molar-refractivity contribution in [2.24, 2.45) is 0 Å². The Morgan fingerprint density at radius 3 is 2.61 bits per heavy atom. The summed E-state index contributed by atoms with van der Waals surface area (Å²) in [6.45, 7) is 2.93. The van der Waals surface area contributed by atoms with E-state index >= 15 is 0 Å². The van der Waals surface area contributed by atoms with E-state index in [0.717, 1.165) is 37.0 Å². The third-order valence-corrected chi connectivity index (χ3v) is 8.20. The molecule has 0 spiro atoms. The second-order valence-electron chi connectivity index (χ2n) is 8.05. The lowest BCUT2D eigenvalue weighted by molar-refractivity contribution is -0.108. The lowest BCUT2D eigenvalue weighted by atomic mass is 9.93. The number of benzene rings is 2. The van der Waals surface area contributed by atoms with Crippen molar-refractivity contribution in [1.29, 1.82) is 0 Å². The van der Waals surface area contributed by atoms with Gasteiger partial charge in [0, 0.05) is 37.0 Å². The summed E-state index contributed by atoms with van der Waals surface area (Å²) in [6.07, 6.45) is 4.67. The first-order chi connectivity index (χ1) is 17.2. The number of aldehydes is 1. The molecule has 1 aromatic heterocycles. The maximum absolute atomic E-state index is 13.4. The predicted octanol–water partition coefficient (Wildman–Crippen LogP) is 5.53. The first-order valence-corrected chi connectivity index (χ1v) is 13.6. The number of nitrogens with zero attached hydrogens (tertiary/aromatic N) is 3. The van der Waals surface area contributed by atoms with Crippen LogP contribution < -0.4 is 4.74 Å². The van der Waals surface area contributed by atoms with E-state index in [9.17, 15) is 13.2 Å². The molecule has 0 unspecified atom stereocenters. The third kappa shape index (κ3) is 6.46. The van der Waals surface area contributed by atoms with E-state index in [4.69, 9.17) is 27.9 Å². The molecule has 1 heterocycles. The van der Waals surface area contributed by atoms with Gasteiger partial charge in [-0.25, -0.2) is 8.42 Å². The number of sulfonamides is 1. The lowest BCUT2D eigenvalue weighted by Gasteiger charge is -2.31. The van der Waals surface area contributed by atoms with Gasteiger partial charge in [-0.1, -0.05) is 29.3 Å². The summed E-state index contributed by atoms with van der Waals surface area (Å²) in [5, 5.41) is 4.95. The number of carbonyl (C=O) groups is 1. The number of fused-ring (bicyclic) bond motifs is 1. The van der Waals surface area contributed by atoms with Gasteiger partial charge < -0.3 is 14.3 Å². The van der Waals surface area contributed by atoms with Crippen molar-refractivity contribution < 1.29 is 22.7 Å². The van der Waals surface area contributed by atoms with E-state index in [0.29, 0.717) is 22.9 Å². The molecule has 0 aliphatic heterocycles. The highest BCUT2D eigenvalue weighted by Gasteiger charge is 2.34. The van der Waals surface area contributed by atoms with Crippen molar-refractivity contribution in [3.8, 4) is 11.5 Å². The Kier molecular flexibility index (Phi) is 9.92. The van der Waals surface area contributed by atoms with E-state index in [2.05, 4.69) is 9.84 Å². The molecule has 3 aromatic rings. The molecule has 11 heteroatoms. The van der Waals surface area contributed by atoms with Crippen LogP contribution in [-0.2, 0) is 32.5 Å². The normalized spacial score (nSPS) is 15.1. The molecule has 0 saturated carbocycles. The second kappa shape index (κ2) is 12.7. The lowest BCUT2D eigenvalue weighted by Crippen LogP contribution is -2.33. The van der Waals surface area contributed by atoms with Crippen molar-refractivity contribution >= 4 is 39.5 Å². The smallest absolute Gasteiger partial charge is 0.243 e. The summed E-state index contributed by atoms with van der Waals surface area (Å²) in [4.78, 5) is 11.0. The van der Waals surface area contributed by atoms with Crippen LogP contribution in [0.4, 0.5) is 0 Å². The van der Waals surface area contributed by atoms with Crippen molar-refractivity contribution in [3.05, 3.63) is 70.0 Å². The van der Waals surface area contributed by atoms with Crippen LogP contribution in [0.2, 0.25) is 10.0 Å². The first kappa shape index (κ1) is 28.1. The highest BCUT2D eigenvalue weighted by molar-refractivity contribution is 7.89. The number of methoxy groups -OCH3 is 1. The molecule has 4 rings (SSSR count). The van der Waals surface area contributed by atoms with Gasteiger partial charge in [0.2, 0.25) is 10.0 Å². The molecule has 0 saturated heterocycles. The second-order valence-corrected chi connectivity index (χ2v) is 10.9. The summed E-state index contributed by atoms with van der Waals surface area (Å²) in [7, 11) is -0.605. The minimum Gasteiger partial charge on any atom is -0.456 e. The van der Waals surface area contributed by atoms with Gasteiger partial charge in [-0.15, -0.1) is 0 Å². The molecule has 0 radical (unpaired) electrons. The summed E-state index contributed by atoms with van der Waals surface area (Å²) in [5.74, 6) is 0.819. The number of rotatable bonds is 8. The Labute approximate surface area is 221 Å². The van der Waals surface area contributed by atoms with Crippen molar-refractivity contribution in [1.82, 2.24) is 14.1 Å². The van der Waals surface area contributed by atoms with Crippen LogP contribution in [-0.4, -0.2) is 49.6 Å². The fraction of sp³-hybridized carbons (Fsp3) is 0.360. The zero-order valence-electron chi connectivity index (χ0n) is 20.4. The Morgan fingerprint density at radius 1 is 1.22 bits per heavy atom. The molecule has 2 aromatic carbocycles. The predicted molar refractivity (Wildman–Crippen MR) is 139 cm³/mol. The third-order valence-electron chi connectivity index (χ3n) is 5.81. The average molecular weight is 554 g/mol. The summed E-state index contributed by atoms with van der Waals surface area (Å²) in [5.41, 5.74) is 1.73. The molecule has 36 heavy (non-hydrogen) atoms. The van der Waals surface area contributed by atoms with Crippen LogP contribution in [0.25, 0.3) is 0 Å². The molecule has 1 aliphatic carbocycles. The molecule has 0 N–H and O–H groups in total. The van der Waals surface area contributed by atoms with Gasteiger partial charge >= 0.3 is 0 Å². The quantitative estimate of drug-likeness (QED) is 0.340. The van der Waals surface area contributed by atoms with E-state index < -0.39 is 10.0 Å². The van der Waals surface area contributed by atoms with E-state index in [-0.39, 0.29) is 22.5 Å². The van der Waals surface area contributed by atoms with Crippen LogP contribution in [0.3, 0.4) is 0 Å². The molecular weight excluding hydrogens is 525 g/mol. The fourth-order valence-corrected chi connectivity index (χ4v) is 5.77. The van der Waals surface area contributed by atoms with Gasteiger partial charge in [-0.05, 0) is 62.6 Å². The van der Waals surface area contributed by atoms with Crippen LogP contribution >= 0.6 is 23.2 Å². The van der Waals surface area contributed by atoms with Gasteiger partial charge in [0.15, 0.2) is 0 Å². The highest BCUT2D eigenvalue weighted by atomic mass is 35.5. The van der Waals surface area contributed by atoms with Crippen LogP contribution in [0.15, 0.2) is 53.6 Å². The molecule has 1 atom stereocenters. The standard InChI is InChI=1S/C22H21Cl2N3O4S.C3H8O/c1-26(20-6-3-7-21-18(20)14-25-27(21)10-11-28)32(29,30)17-8-9-22(19(24)13-17)31-16-5-2-4-15(23)12-16;1-3-4-2/h2,4-5,8-9,11-14,20H,3,6-7,10H2,1H3;3H2,1-2H3/t20-;/m1./s1. The number of ether oxygens (including phenoxy) is 2. The first-order valence-electron chi connectivity index (χ1n) is 11.4. The molecule has 0 fully saturated rings. The number of aromatic nitrogens is 2. The van der Waals surface area contributed by atoms with Gasteiger partial charge in [0.1, 0.15) is 17.8 Å². The number of hydrogen-bond donors (Lipinski definition) is 0. The summed E-state index contributed by atoms with van der Waals surface area (Å²) in [6, 6.07) is 10.8. The molecule has 8 nitrogen and oxygen atoms in total. The van der Waals surface area contributed by atoms with Gasteiger partial charge in [-0.2, -0.15) is 9.40 Å². The maximum Gasteiger partial charge on any atom is 0.243 e. The van der Waals surface area contributed by atoms with Gasteiger partial charge in [0.25, 0.3) is 0 Å². The zero-order chi connectivity index (χ0) is 26.3. The van der Waals surface area contributed by atoms with Crippen molar-refractivity contribution in [2.45, 2.75) is 43.7 Å². The van der Waals surface area contributed by atoms with Crippen molar-refractivity contribution in [3.63, 3.8) is 0 Å². The largest absolute Gasteiger partial charge is 0.456 e. The van der Waals surface area contributed by atoms with Crippen LogP contribution in [0.5, 0.6) is 11.5 Å². The Hall–Kier alpha value is -2.43. The zero-order valence-corrected chi connectivity index (χ0v) is 22.7. The fourth-order valence-electron chi connectivity index (χ4n) is 3.92. The maximum atomic E-state index is 13.4. The van der Waals surface area contributed by atoms with E-state index in [1.807, 2.05) is 6.92 Å². The molecule has 0 bridgehead atoms. The topological polar surface area (TPSA) is 90.7 Å². The number of halogens is 2. The van der Waals surface area contributed by atoms with E-state index in [1.54, 1.807) is 49.3 Å². The van der Waals surface area contributed by atoms with Crippen LogP contribution in [0, 0.1) is 0 Å². The Morgan fingerprint density at radius 2 is 1.97 bits per heavy atom. The summed E-state index contributed by atoms with van der Waals surface area (Å²) < 4.78 is 40.0. The molecule has 0 amide bonds. The van der Waals surface area contributed by atoms with Gasteiger partial charge in [-0.3, -0.25) is 4.68 Å². The number of hydrogen-bond acceptors (Lipinski definition) is 6. The number of carbonyl (C=O) groups excluding carboxylic acids is 1. The SMILES string of the molecule is CCOC.CN([C@@H]1CCCc2c1cnn2CC=O)S(=O)(=O)c1ccc(Oc2cccc(Cl)c2)c(Cl)c1. The van der Waals surface area contributed by atoms with Gasteiger partial charge in [0.05, 0.1) is 28.7 Å². The molecule has 194 valence electrons. The van der Waals surface area contributed by atoms with Crippen LogP contribution in [0.1, 0.15) is 37.1 Å². The minimum atomic E-state index is -3.84. The van der Waals surface area contributed by atoms with E-state index in [1.165, 1.54) is 22.5 Å². The summed E-state index contributed by atoms with van der Waals surface area (Å²) >= 11 is 12.3. The van der Waals surface area contributed by atoms with Crippen molar-refractivity contribution in [2.75, 3.05) is 20.8 Å².